The molecule has 31 heavy (non-hydrogen) atoms. The predicted octanol–water partition coefficient (Wildman–Crippen LogP) is 5.54. The molecule has 0 radical (unpaired) electrons. The van der Waals surface area contributed by atoms with Crippen LogP contribution in [0.3, 0.4) is 0 Å². The summed E-state index contributed by atoms with van der Waals surface area (Å²) in [6.07, 6.45) is 3.46. The fraction of sp³-hybridized carbons (Fsp3) is 0.115. The lowest BCUT2D eigenvalue weighted by Gasteiger charge is -2.10. The lowest BCUT2D eigenvalue weighted by atomic mass is 10.1. The summed E-state index contributed by atoms with van der Waals surface area (Å²) < 4.78 is 22.5. The summed E-state index contributed by atoms with van der Waals surface area (Å²) in [5.74, 6) is 2.25. The highest BCUT2D eigenvalue weighted by molar-refractivity contribution is 6.14. The van der Waals surface area contributed by atoms with Gasteiger partial charge in [0.05, 0.1) is 19.8 Å². The average molecular weight is 414 g/mol. The quantitative estimate of drug-likeness (QED) is 0.475. The second-order valence-corrected chi connectivity index (χ2v) is 6.91. The Morgan fingerprint density at radius 2 is 1.81 bits per heavy atom. The Labute approximate surface area is 181 Å². The predicted molar refractivity (Wildman–Crippen MR) is 120 cm³/mol. The third-order valence-electron chi connectivity index (χ3n) is 4.98. The monoisotopic (exact) mass is 414 g/mol. The zero-order chi connectivity index (χ0) is 21.8. The molecule has 0 saturated heterocycles. The molecule has 0 bridgehead atoms. The van der Waals surface area contributed by atoms with Crippen LogP contribution in [0.1, 0.15) is 27.0 Å². The smallest absolute Gasteiger partial charge is 0.231 e. The van der Waals surface area contributed by atoms with Crippen molar-refractivity contribution in [2.75, 3.05) is 14.2 Å². The van der Waals surface area contributed by atoms with Crippen molar-refractivity contribution in [2.24, 2.45) is 0 Å². The van der Waals surface area contributed by atoms with Crippen LogP contribution < -0.4 is 18.9 Å². The Hall–Kier alpha value is -3.99. The molecule has 4 rings (SSSR count). The molecular formula is C26H22O5. The van der Waals surface area contributed by atoms with E-state index in [1.165, 1.54) is 0 Å². The molecule has 0 aromatic heterocycles. The van der Waals surface area contributed by atoms with Gasteiger partial charge >= 0.3 is 0 Å². The molecule has 1 aliphatic heterocycles. The summed E-state index contributed by atoms with van der Waals surface area (Å²) >= 11 is 0. The van der Waals surface area contributed by atoms with Crippen molar-refractivity contribution in [2.45, 2.75) is 6.61 Å². The minimum atomic E-state index is -0.188. The molecule has 0 fully saturated rings. The van der Waals surface area contributed by atoms with E-state index in [1.807, 2.05) is 36.4 Å². The van der Waals surface area contributed by atoms with Crippen molar-refractivity contribution in [1.82, 2.24) is 0 Å². The lowest BCUT2D eigenvalue weighted by Crippen LogP contribution is -1.99. The zero-order valence-electron chi connectivity index (χ0n) is 17.4. The van der Waals surface area contributed by atoms with Gasteiger partial charge < -0.3 is 18.9 Å². The number of ketones is 1. The highest BCUT2D eigenvalue weighted by atomic mass is 16.5. The third-order valence-corrected chi connectivity index (χ3v) is 4.98. The van der Waals surface area contributed by atoms with Gasteiger partial charge in [-0.3, -0.25) is 4.79 Å². The molecule has 3 aromatic carbocycles. The second kappa shape index (κ2) is 8.79. The minimum Gasteiger partial charge on any atom is -0.493 e. The van der Waals surface area contributed by atoms with E-state index in [1.54, 1.807) is 50.6 Å². The number of carbonyl (C=O) groups is 1. The van der Waals surface area contributed by atoms with Gasteiger partial charge in [0, 0.05) is 11.6 Å². The molecule has 0 saturated carbocycles. The van der Waals surface area contributed by atoms with E-state index in [9.17, 15) is 4.79 Å². The maximum Gasteiger partial charge on any atom is 0.231 e. The number of allylic oxidation sites excluding steroid dienone is 1. The van der Waals surface area contributed by atoms with Crippen molar-refractivity contribution < 1.29 is 23.7 Å². The molecule has 0 aliphatic carbocycles. The maximum atomic E-state index is 12.8. The van der Waals surface area contributed by atoms with Gasteiger partial charge in [0.25, 0.3) is 0 Å². The van der Waals surface area contributed by atoms with Gasteiger partial charge in [-0.05, 0) is 35.4 Å². The van der Waals surface area contributed by atoms with E-state index >= 15 is 0 Å². The van der Waals surface area contributed by atoms with E-state index in [2.05, 4.69) is 6.58 Å². The molecule has 156 valence electrons. The Kier molecular flexibility index (Phi) is 5.76. The van der Waals surface area contributed by atoms with Crippen molar-refractivity contribution in [3.63, 3.8) is 0 Å². The number of rotatable bonds is 7. The van der Waals surface area contributed by atoms with Gasteiger partial charge in [0.1, 0.15) is 18.1 Å². The molecule has 0 N–H and O–H groups in total. The summed E-state index contributed by atoms with van der Waals surface area (Å²) in [6.45, 7) is 4.16. The Bertz CT molecular complexity index is 1160. The fourth-order valence-electron chi connectivity index (χ4n) is 3.34. The van der Waals surface area contributed by atoms with Gasteiger partial charge in [-0.15, -0.1) is 0 Å². The number of fused-ring (bicyclic) bond motifs is 1. The van der Waals surface area contributed by atoms with Gasteiger partial charge in [-0.2, -0.15) is 0 Å². The van der Waals surface area contributed by atoms with Crippen LogP contribution >= 0.6 is 0 Å². The average Bonchev–Trinajstić information content (AvgIpc) is 3.12. The van der Waals surface area contributed by atoms with E-state index in [4.69, 9.17) is 18.9 Å². The maximum absolute atomic E-state index is 12.8. The van der Waals surface area contributed by atoms with Gasteiger partial charge in [-0.25, -0.2) is 0 Å². The van der Waals surface area contributed by atoms with Crippen molar-refractivity contribution in [3.8, 4) is 23.0 Å². The number of ether oxygens (including phenoxy) is 4. The van der Waals surface area contributed by atoms with Gasteiger partial charge in [0.15, 0.2) is 17.3 Å². The molecule has 0 amide bonds. The van der Waals surface area contributed by atoms with Gasteiger partial charge in [0.2, 0.25) is 5.78 Å². The van der Waals surface area contributed by atoms with Crippen molar-refractivity contribution in [1.29, 1.82) is 0 Å². The summed E-state index contributed by atoms with van der Waals surface area (Å²) in [6, 6.07) is 18.6. The van der Waals surface area contributed by atoms with E-state index in [0.717, 1.165) is 11.1 Å². The van der Waals surface area contributed by atoms with E-state index < -0.39 is 0 Å². The first kappa shape index (κ1) is 20.3. The number of para-hydroxylation sites is 1. The lowest BCUT2D eigenvalue weighted by molar-refractivity contribution is 0.101. The van der Waals surface area contributed by atoms with Crippen LogP contribution in [0.15, 0.2) is 73.0 Å². The summed E-state index contributed by atoms with van der Waals surface area (Å²) in [7, 11) is 3.12. The van der Waals surface area contributed by atoms with Crippen molar-refractivity contribution in [3.05, 3.63) is 95.3 Å². The molecule has 0 unspecified atom stereocenters. The molecule has 0 atom stereocenters. The molecule has 1 heterocycles. The molecule has 5 nitrogen and oxygen atoms in total. The zero-order valence-corrected chi connectivity index (χ0v) is 17.4. The first-order valence-electron chi connectivity index (χ1n) is 9.76. The van der Waals surface area contributed by atoms with Crippen LogP contribution in [0.2, 0.25) is 0 Å². The van der Waals surface area contributed by atoms with Crippen LogP contribution in [-0.4, -0.2) is 20.0 Å². The molecule has 5 heteroatoms. The Balaban J connectivity index is 1.53. The largest absolute Gasteiger partial charge is 0.493 e. The SMILES string of the molecule is C=Cc1ccc(COc2ccc3c(c2)OC(=Cc2cccc(OC)c2OC)C3=O)cc1. The van der Waals surface area contributed by atoms with E-state index in [-0.39, 0.29) is 11.5 Å². The number of Topliss-reactive ketones (excluding diaryl/α,β-unsaturated/α-hetero) is 1. The van der Waals surface area contributed by atoms with Crippen LogP contribution in [0.25, 0.3) is 12.2 Å². The van der Waals surface area contributed by atoms with Crippen LogP contribution in [0.4, 0.5) is 0 Å². The Morgan fingerprint density at radius 1 is 1.00 bits per heavy atom. The van der Waals surface area contributed by atoms with Crippen LogP contribution in [-0.2, 0) is 6.61 Å². The van der Waals surface area contributed by atoms with Crippen LogP contribution in [0.5, 0.6) is 23.0 Å². The topological polar surface area (TPSA) is 54.0 Å². The molecule has 0 spiro atoms. The first-order chi connectivity index (χ1) is 15.1. The van der Waals surface area contributed by atoms with Crippen molar-refractivity contribution >= 4 is 17.9 Å². The minimum absolute atomic E-state index is 0.188. The van der Waals surface area contributed by atoms with Gasteiger partial charge in [-0.1, -0.05) is 49.1 Å². The summed E-state index contributed by atoms with van der Waals surface area (Å²) in [4.78, 5) is 12.8. The van der Waals surface area contributed by atoms with Crippen LogP contribution in [0, 0.1) is 0 Å². The highest BCUT2D eigenvalue weighted by Crippen LogP contribution is 2.37. The fourth-order valence-corrected chi connectivity index (χ4v) is 3.34. The Morgan fingerprint density at radius 3 is 2.52 bits per heavy atom. The first-order valence-corrected chi connectivity index (χ1v) is 9.76. The normalized spacial score (nSPS) is 13.5. The standard InChI is InChI=1S/C26H22O5/c1-4-17-8-10-18(11-9-17)16-30-20-12-13-21-23(15-20)31-24(25(21)27)14-19-6-5-7-22(28-2)26(19)29-3/h4-15H,1,16H2,2-3H3. The number of carbonyl (C=O) groups excluding carboxylic acids is 1. The summed E-state index contributed by atoms with van der Waals surface area (Å²) in [5.41, 5.74) is 3.28. The number of methoxy groups -OCH3 is 2. The second-order valence-electron chi connectivity index (χ2n) is 6.91. The molecule has 1 aliphatic rings. The molecular weight excluding hydrogens is 392 g/mol. The number of benzene rings is 3. The number of hydrogen-bond donors (Lipinski definition) is 0. The highest BCUT2D eigenvalue weighted by Gasteiger charge is 2.28. The summed E-state index contributed by atoms with van der Waals surface area (Å²) in [5, 5.41) is 0. The van der Waals surface area contributed by atoms with E-state index in [0.29, 0.717) is 40.7 Å². The number of hydrogen-bond acceptors (Lipinski definition) is 5. The molecule has 3 aromatic rings. The third kappa shape index (κ3) is 4.16.